The number of aliphatic carboxylic acids is 2. The highest BCUT2D eigenvalue weighted by Gasteiger charge is 2.29. The summed E-state index contributed by atoms with van der Waals surface area (Å²) in [4.78, 5) is 19.5. The zero-order valence-corrected chi connectivity index (χ0v) is 16.0. The van der Waals surface area contributed by atoms with Gasteiger partial charge in [0.05, 0.1) is 6.54 Å². The van der Waals surface area contributed by atoms with Crippen LogP contribution in [0.2, 0.25) is 0 Å². The van der Waals surface area contributed by atoms with Crippen LogP contribution in [0.25, 0.3) is 0 Å². The van der Waals surface area contributed by atoms with Gasteiger partial charge in [-0.25, -0.2) is 14.6 Å². The molecule has 0 spiro atoms. The van der Waals surface area contributed by atoms with Gasteiger partial charge in [0.15, 0.2) is 23.7 Å². The molecule has 1 aliphatic rings. The second kappa shape index (κ2) is 11.1. The fraction of sp³-hybridized carbons (Fsp3) is 0.300. The highest BCUT2D eigenvalue weighted by atomic mass is 16.6. The number of hydrogen-bond acceptors (Lipinski definition) is 8. The van der Waals surface area contributed by atoms with E-state index in [9.17, 15) is 9.59 Å². The summed E-state index contributed by atoms with van der Waals surface area (Å²) in [7, 11) is 0. The standard InChI is InChI=1S/C16H18N2O2.C4H6O6/c17-18(10-13-6-2-1-3-7-13)11-14-12-19-15-8-4-5-9-16(15)20-14;5-1(3(7)8)2(6)4(9)10/h1-9,14H,10-12,17H2;1-2,5-6H,(H,7,8)(H,9,10). The molecule has 3 rings (SSSR count). The summed E-state index contributed by atoms with van der Waals surface area (Å²) in [6, 6.07) is 17.9. The number of carboxylic acid groups (broad SMARTS) is 2. The number of ether oxygens (including phenoxy) is 2. The van der Waals surface area contributed by atoms with Crippen molar-refractivity contribution in [2.45, 2.75) is 24.9 Å². The average molecular weight is 420 g/mol. The number of carboxylic acids is 2. The first kappa shape index (κ1) is 23.1. The van der Waals surface area contributed by atoms with Gasteiger partial charge in [-0.3, -0.25) is 5.84 Å². The number of hydrogen-bond donors (Lipinski definition) is 5. The third-order valence-corrected chi connectivity index (χ3v) is 4.04. The minimum Gasteiger partial charge on any atom is -0.486 e. The number of aliphatic hydroxyl groups excluding tert-OH is 2. The number of benzene rings is 2. The molecule has 0 fully saturated rings. The van der Waals surface area contributed by atoms with Crippen LogP contribution in [-0.2, 0) is 16.1 Å². The number of aliphatic hydroxyl groups is 2. The minimum absolute atomic E-state index is 0.0430. The predicted molar refractivity (Wildman–Crippen MR) is 105 cm³/mol. The number of nitrogens with two attached hydrogens (primary N) is 1. The van der Waals surface area contributed by atoms with Gasteiger partial charge in [0.2, 0.25) is 0 Å². The van der Waals surface area contributed by atoms with Gasteiger partial charge in [-0.1, -0.05) is 42.5 Å². The van der Waals surface area contributed by atoms with Crippen LogP contribution >= 0.6 is 0 Å². The van der Waals surface area contributed by atoms with Crippen LogP contribution in [0.3, 0.4) is 0 Å². The van der Waals surface area contributed by atoms with Gasteiger partial charge >= 0.3 is 11.9 Å². The lowest BCUT2D eigenvalue weighted by molar-refractivity contribution is -0.165. The Morgan fingerprint density at radius 1 is 0.967 bits per heavy atom. The summed E-state index contributed by atoms with van der Waals surface area (Å²) in [5.74, 6) is 4.11. The van der Waals surface area contributed by atoms with Crippen LogP contribution in [0.15, 0.2) is 54.6 Å². The molecule has 0 radical (unpaired) electrons. The molecule has 6 N–H and O–H groups in total. The van der Waals surface area contributed by atoms with E-state index in [-0.39, 0.29) is 6.10 Å². The zero-order valence-electron chi connectivity index (χ0n) is 16.0. The molecule has 3 atom stereocenters. The molecule has 0 bridgehead atoms. The van der Waals surface area contributed by atoms with E-state index in [1.807, 2.05) is 42.5 Å². The highest BCUT2D eigenvalue weighted by Crippen LogP contribution is 2.30. The molecule has 0 amide bonds. The van der Waals surface area contributed by atoms with E-state index in [1.165, 1.54) is 5.56 Å². The molecule has 0 saturated heterocycles. The second-order valence-corrected chi connectivity index (χ2v) is 6.48. The SMILES string of the molecule is NN(Cc1ccccc1)CC1COc2ccccc2O1.O=C(O)C(O)C(O)C(=O)O. The summed E-state index contributed by atoms with van der Waals surface area (Å²) in [6.45, 7) is 1.85. The lowest BCUT2D eigenvalue weighted by atomic mass is 10.2. The molecule has 0 aliphatic carbocycles. The Kier molecular flexibility index (Phi) is 8.56. The van der Waals surface area contributed by atoms with Crippen LogP contribution in [0, 0.1) is 0 Å². The monoisotopic (exact) mass is 420 g/mol. The number of hydrazine groups is 1. The van der Waals surface area contributed by atoms with Crippen LogP contribution in [0.5, 0.6) is 11.5 Å². The fourth-order valence-corrected chi connectivity index (χ4v) is 2.57. The number of fused-ring (bicyclic) bond motifs is 1. The van der Waals surface area contributed by atoms with E-state index in [2.05, 4.69) is 12.1 Å². The van der Waals surface area contributed by atoms with Crippen molar-refractivity contribution in [3.05, 3.63) is 60.2 Å². The molecule has 10 nitrogen and oxygen atoms in total. The van der Waals surface area contributed by atoms with Crippen molar-refractivity contribution in [1.82, 2.24) is 5.01 Å². The highest BCUT2D eigenvalue weighted by molar-refractivity contribution is 5.83. The molecule has 1 heterocycles. The van der Waals surface area contributed by atoms with E-state index in [1.54, 1.807) is 5.01 Å². The van der Waals surface area contributed by atoms with Gasteiger partial charge in [-0.05, 0) is 17.7 Å². The molecule has 2 aromatic rings. The van der Waals surface area contributed by atoms with Gasteiger partial charge in [0.25, 0.3) is 0 Å². The molecule has 2 aromatic carbocycles. The molecule has 30 heavy (non-hydrogen) atoms. The van der Waals surface area contributed by atoms with Crippen molar-refractivity contribution in [3.8, 4) is 11.5 Å². The van der Waals surface area contributed by atoms with E-state index in [4.69, 9.17) is 35.7 Å². The predicted octanol–water partition coefficient (Wildman–Crippen LogP) is 0.0797. The van der Waals surface area contributed by atoms with E-state index in [0.29, 0.717) is 19.7 Å². The summed E-state index contributed by atoms with van der Waals surface area (Å²) in [5, 5.41) is 34.3. The van der Waals surface area contributed by atoms with Crippen molar-refractivity contribution in [3.63, 3.8) is 0 Å². The molecule has 0 saturated carbocycles. The first-order chi connectivity index (χ1) is 14.3. The van der Waals surface area contributed by atoms with Crippen molar-refractivity contribution in [2.24, 2.45) is 5.84 Å². The smallest absolute Gasteiger partial charge is 0.335 e. The zero-order chi connectivity index (χ0) is 22.1. The van der Waals surface area contributed by atoms with Gasteiger partial charge < -0.3 is 29.9 Å². The first-order valence-corrected chi connectivity index (χ1v) is 9.01. The normalized spacial score (nSPS) is 16.7. The number of carbonyl (C=O) groups is 2. The van der Waals surface area contributed by atoms with Gasteiger partial charge in [0.1, 0.15) is 12.7 Å². The third-order valence-electron chi connectivity index (χ3n) is 4.04. The van der Waals surface area contributed by atoms with Crippen LogP contribution in [0.4, 0.5) is 0 Å². The third kappa shape index (κ3) is 7.01. The summed E-state index contributed by atoms with van der Waals surface area (Å²) >= 11 is 0. The summed E-state index contributed by atoms with van der Waals surface area (Å²) in [5.41, 5.74) is 1.19. The second-order valence-electron chi connectivity index (χ2n) is 6.48. The quantitative estimate of drug-likeness (QED) is 0.306. The van der Waals surface area contributed by atoms with Crippen LogP contribution < -0.4 is 15.3 Å². The van der Waals surface area contributed by atoms with Crippen molar-refractivity contribution >= 4 is 11.9 Å². The molecule has 162 valence electrons. The maximum atomic E-state index is 9.77. The van der Waals surface area contributed by atoms with E-state index in [0.717, 1.165) is 11.5 Å². The largest absolute Gasteiger partial charge is 0.486 e. The Hall–Kier alpha value is -3.18. The Morgan fingerprint density at radius 3 is 2.07 bits per heavy atom. The van der Waals surface area contributed by atoms with Gasteiger partial charge in [0, 0.05) is 6.54 Å². The average Bonchev–Trinajstić information content (AvgIpc) is 2.73. The van der Waals surface area contributed by atoms with Crippen molar-refractivity contribution in [1.29, 1.82) is 0 Å². The van der Waals surface area contributed by atoms with Crippen molar-refractivity contribution < 1.29 is 39.5 Å². The Morgan fingerprint density at radius 2 is 1.50 bits per heavy atom. The molecular formula is C20H24N2O8. The minimum atomic E-state index is -2.27. The topological polar surface area (TPSA) is 163 Å². The molecule has 3 unspecified atom stereocenters. The van der Waals surface area contributed by atoms with Crippen LogP contribution in [-0.4, -0.2) is 68.8 Å². The first-order valence-electron chi connectivity index (χ1n) is 9.01. The maximum absolute atomic E-state index is 9.77. The molecular weight excluding hydrogens is 396 g/mol. The Balaban J connectivity index is 0.000000274. The Bertz CT molecular complexity index is 815. The lowest BCUT2D eigenvalue weighted by Crippen LogP contribution is -2.43. The van der Waals surface area contributed by atoms with Crippen LogP contribution in [0.1, 0.15) is 5.56 Å². The van der Waals surface area contributed by atoms with E-state index >= 15 is 0 Å². The molecule has 10 heteroatoms. The Labute approximate surface area is 172 Å². The van der Waals surface area contributed by atoms with E-state index < -0.39 is 24.1 Å². The maximum Gasteiger partial charge on any atom is 0.335 e. The summed E-state index contributed by atoms with van der Waals surface area (Å²) in [6.07, 6.45) is -4.58. The molecule has 1 aliphatic heterocycles. The number of nitrogens with zero attached hydrogens (tertiary/aromatic N) is 1. The summed E-state index contributed by atoms with van der Waals surface area (Å²) < 4.78 is 11.6. The van der Waals surface area contributed by atoms with Gasteiger partial charge in [-0.15, -0.1) is 0 Å². The lowest BCUT2D eigenvalue weighted by Gasteiger charge is -2.29. The molecule has 0 aromatic heterocycles. The van der Waals surface area contributed by atoms with Crippen molar-refractivity contribution in [2.75, 3.05) is 13.2 Å². The fourth-order valence-electron chi connectivity index (χ4n) is 2.57. The number of rotatable bonds is 7. The van der Waals surface area contributed by atoms with Gasteiger partial charge in [-0.2, -0.15) is 0 Å². The number of para-hydroxylation sites is 2.